The topological polar surface area (TPSA) is 79.0 Å². The van der Waals surface area contributed by atoms with E-state index in [0.29, 0.717) is 17.1 Å². The number of hydrogen-bond donors (Lipinski definition) is 1. The summed E-state index contributed by atoms with van der Waals surface area (Å²) in [4.78, 5) is 15.5. The maximum atomic E-state index is 13.1. The number of halogens is 1. The SMILES string of the molecule is CC[C@@H](C(=O)Nc1ccc(N2CCCCC2)cc1)N(c1ccc(OC)c(Cl)c1)S(C)(=O)=O. The van der Waals surface area contributed by atoms with Crippen LogP contribution in [-0.2, 0) is 14.8 Å². The number of sulfonamides is 1. The molecule has 1 N–H and O–H groups in total. The van der Waals surface area contributed by atoms with E-state index in [0.717, 1.165) is 29.3 Å². The minimum absolute atomic E-state index is 0.266. The Balaban J connectivity index is 1.81. The third-order valence-electron chi connectivity index (χ3n) is 5.58. The van der Waals surface area contributed by atoms with Gasteiger partial charge < -0.3 is 15.0 Å². The number of ether oxygens (including phenoxy) is 1. The van der Waals surface area contributed by atoms with Gasteiger partial charge in [0.15, 0.2) is 0 Å². The van der Waals surface area contributed by atoms with Crippen LogP contribution in [0, 0.1) is 0 Å². The highest BCUT2D eigenvalue weighted by Crippen LogP contribution is 2.32. The Morgan fingerprint density at radius 2 is 1.81 bits per heavy atom. The number of hydrogen-bond acceptors (Lipinski definition) is 5. The molecule has 174 valence electrons. The number of carbonyl (C=O) groups is 1. The minimum Gasteiger partial charge on any atom is -0.495 e. The summed E-state index contributed by atoms with van der Waals surface area (Å²) in [6.45, 7) is 3.85. The zero-order chi connectivity index (χ0) is 23.3. The van der Waals surface area contributed by atoms with E-state index in [4.69, 9.17) is 16.3 Å². The van der Waals surface area contributed by atoms with Crippen molar-refractivity contribution in [1.82, 2.24) is 0 Å². The molecule has 0 saturated carbocycles. The van der Waals surface area contributed by atoms with Gasteiger partial charge in [0.05, 0.1) is 24.1 Å². The molecule has 2 aromatic carbocycles. The molecular formula is C23H30ClN3O4S. The maximum absolute atomic E-state index is 13.1. The van der Waals surface area contributed by atoms with Crippen molar-refractivity contribution >= 4 is 44.6 Å². The molecule has 1 saturated heterocycles. The van der Waals surface area contributed by atoms with E-state index >= 15 is 0 Å². The molecule has 32 heavy (non-hydrogen) atoms. The van der Waals surface area contributed by atoms with Crippen molar-refractivity contribution in [2.75, 3.05) is 41.0 Å². The molecule has 1 heterocycles. The molecule has 9 heteroatoms. The third-order valence-corrected chi connectivity index (χ3v) is 7.05. The molecule has 3 rings (SSSR count). The van der Waals surface area contributed by atoms with Gasteiger partial charge in [-0.2, -0.15) is 0 Å². The number of nitrogens with zero attached hydrogens (tertiary/aromatic N) is 2. The first-order valence-electron chi connectivity index (χ1n) is 10.7. The fourth-order valence-corrected chi connectivity index (χ4v) is 5.44. The van der Waals surface area contributed by atoms with Crippen molar-refractivity contribution in [1.29, 1.82) is 0 Å². The fraction of sp³-hybridized carbons (Fsp3) is 0.435. The first-order chi connectivity index (χ1) is 15.2. The summed E-state index contributed by atoms with van der Waals surface area (Å²) in [6.07, 6.45) is 5.00. The lowest BCUT2D eigenvalue weighted by Crippen LogP contribution is -2.47. The summed E-state index contributed by atoms with van der Waals surface area (Å²) < 4.78 is 31.5. The number of anilines is 3. The Morgan fingerprint density at radius 3 is 2.34 bits per heavy atom. The van der Waals surface area contributed by atoms with Crippen LogP contribution in [0.25, 0.3) is 0 Å². The van der Waals surface area contributed by atoms with Crippen LogP contribution in [0.1, 0.15) is 32.6 Å². The molecule has 2 aromatic rings. The van der Waals surface area contributed by atoms with Gasteiger partial charge in [0.1, 0.15) is 11.8 Å². The molecule has 1 aliphatic rings. The third kappa shape index (κ3) is 5.66. The van der Waals surface area contributed by atoms with Crippen molar-refractivity contribution in [3.63, 3.8) is 0 Å². The van der Waals surface area contributed by atoms with Crippen LogP contribution in [-0.4, -0.2) is 46.8 Å². The van der Waals surface area contributed by atoms with Crippen molar-refractivity contribution < 1.29 is 17.9 Å². The van der Waals surface area contributed by atoms with Crippen LogP contribution >= 0.6 is 11.6 Å². The van der Waals surface area contributed by atoms with Crippen LogP contribution in [0.15, 0.2) is 42.5 Å². The van der Waals surface area contributed by atoms with E-state index < -0.39 is 22.0 Å². The smallest absolute Gasteiger partial charge is 0.248 e. The second kappa shape index (κ2) is 10.4. The molecule has 0 radical (unpaired) electrons. The quantitative estimate of drug-likeness (QED) is 0.602. The minimum atomic E-state index is -3.76. The van der Waals surface area contributed by atoms with Gasteiger partial charge in [-0.05, 0) is 68.1 Å². The van der Waals surface area contributed by atoms with Crippen molar-refractivity contribution in [3.8, 4) is 5.75 Å². The first-order valence-corrected chi connectivity index (χ1v) is 13.0. The molecule has 1 amide bonds. The molecule has 0 bridgehead atoms. The lowest BCUT2D eigenvalue weighted by Gasteiger charge is -2.30. The van der Waals surface area contributed by atoms with Gasteiger partial charge in [-0.1, -0.05) is 18.5 Å². The largest absolute Gasteiger partial charge is 0.495 e. The van der Waals surface area contributed by atoms with E-state index in [-0.39, 0.29) is 11.4 Å². The number of amides is 1. The average molecular weight is 480 g/mol. The zero-order valence-electron chi connectivity index (χ0n) is 18.7. The summed E-state index contributed by atoms with van der Waals surface area (Å²) in [6, 6.07) is 11.4. The second-order valence-corrected chi connectivity index (χ2v) is 10.2. The second-order valence-electron chi connectivity index (χ2n) is 7.89. The number of rotatable bonds is 8. The van der Waals surface area contributed by atoms with E-state index in [9.17, 15) is 13.2 Å². The van der Waals surface area contributed by atoms with E-state index in [1.54, 1.807) is 19.1 Å². The van der Waals surface area contributed by atoms with E-state index in [2.05, 4.69) is 10.2 Å². The molecular weight excluding hydrogens is 450 g/mol. The van der Waals surface area contributed by atoms with Crippen molar-refractivity contribution in [3.05, 3.63) is 47.5 Å². The monoisotopic (exact) mass is 479 g/mol. The normalized spacial score (nSPS) is 15.2. The van der Waals surface area contributed by atoms with Crippen LogP contribution in [0.5, 0.6) is 5.75 Å². The highest BCUT2D eigenvalue weighted by molar-refractivity contribution is 7.92. The maximum Gasteiger partial charge on any atom is 0.248 e. The van der Waals surface area contributed by atoms with Crippen LogP contribution in [0.3, 0.4) is 0 Å². The van der Waals surface area contributed by atoms with Crippen molar-refractivity contribution in [2.45, 2.75) is 38.6 Å². The average Bonchev–Trinajstić information content (AvgIpc) is 2.77. The Bertz CT molecular complexity index is 1040. The number of methoxy groups -OCH3 is 1. The summed E-state index contributed by atoms with van der Waals surface area (Å²) in [5.41, 5.74) is 2.05. The Morgan fingerprint density at radius 1 is 1.16 bits per heavy atom. The van der Waals surface area contributed by atoms with Gasteiger partial charge in [-0.25, -0.2) is 8.42 Å². The lowest BCUT2D eigenvalue weighted by molar-refractivity contribution is -0.117. The molecule has 1 fully saturated rings. The number of nitrogens with one attached hydrogen (secondary N) is 1. The molecule has 0 aromatic heterocycles. The van der Waals surface area contributed by atoms with Gasteiger partial charge in [-0.15, -0.1) is 0 Å². The number of carbonyl (C=O) groups excluding carboxylic acids is 1. The molecule has 0 spiro atoms. The van der Waals surface area contributed by atoms with Crippen LogP contribution < -0.4 is 19.3 Å². The zero-order valence-corrected chi connectivity index (χ0v) is 20.2. The van der Waals surface area contributed by atoms with E-state index in [1.165, 1.54) is 32.4 Å². The van der Waals surface area contributed by atoms with Crippen LogP contribution in [0.2, 0.25) is 5.02 Å². The van der Waals surface area contributed by atoms with E-state index in [1.807, 2.05) is 24.3 Å². The summed E-state index contributed by atoms with van der Waals surface area (Å²) in [5.74, 6) is 0.0192. The van der Waals surface area contributed by atoms with Crippen molar-refractivity contribution in [2.24, 2.45) is 0 Å². The lowest BCUT2D eigenvalue weighted by atomic mass is 10.1. The summed E-state index contributed by atoms with van der Waals surface area (Å²) in [5, 5.41) is 3.13. The molecule has 0 aliphatic carbocycles. The Kier molecular flexibility index (Phi) is 7.90. The molecule has 7 nitrogen and oxygen atoms in total. The Labute approximate surface area is 195 Å². The number of piperidine rings is 1. The van der Waals surface area contributed by atoms with Gasteiger partial charge in [0, 0.05) is 24.5 Å². The van der Waals surface area contributed by atoms with Gasteiger partial charge in [-0.3, -0.25) is 9.10 Å². The summed E-state index contributed by atoms with van der Waals surface area (Å²) in [7, 11) is -2.28. The van der Waals surface area contributed by atoms with Crippen LogP contribution in [0.4, 0.5) is 17.1 Å². The standard InChI is InChI=1S/C23H30ClN3O4S/c1-4-21(27(32(3,29)30)19-12-13-22(31-2)20(24)16-19)23(28)25-17-8-10-18(11-9-17)26-14-6-5-7-15-26/h8-13,16,21H,4-7,14-15H2,1-3H3,(H,25,28)/t21-/m0/s1. The van der Waals surface area contributed by atoms with Gasteiger partial charge >= 0.3 is 0 Å². The Hall–Kier alpha value is -2.45. The predicted molar refractivity (Wildman–Crippen MR) is 131 cm³/mol. The van der Waals surface area contributed by atoms with Gasteiger partial charge in [0.25, 0.3) is 0 Å². The number of benzene rings is 2. The highest BCUT2D eigenvalue weighted by Gasteiger charge is 2.32. The molecule has 1 aliphatic heterocycles. The molecule has 1 atom stereocenters. The molecule has 0 unspecified atom stereocenters. The van der Waals surface area contributed by atoms with Gasteiger partial charge in [0.2, 0.25) is 15.9 Å². The first kappa shape index (κ1) is 24.2. The highest BCUT2D eigenvalue weighted by atomic mass is 35.5. The summed E-state index contributed by atoms with van der Waals surface area (Å²) >= 11 is 6.21. The fourth-order valence-electron chi connectivity index (χ4n) is 3.99. The predicted octanol–water partition coefficient (Wildman–Crippen LogP) is 4.52.